The van der Waals surface area contributed by atoms with Crippen molar-refractivity contribution in [2.75, 3.05) is 61.9 Å². The molecule has 44 heavy (non-hydrogen) atoms. The Bertz CT molecular complexity index is 1680. The number of carbonyl (C=O) groups excluding carboxylic acids is 1. The predicted molar refractivity (Wildman–Crippen MR) is 162 cm³/mol. The van der Waals surface area contributed by atoms with Crippen molar-refractivity contribution in [2.45, 2.75) is 12.6 Å². The molecule has 2 aliphatic heterocycles. The molecule has 3 aromatic rings. The van der Waals surface area contributed by atoms with Gasteiger partial charge < -0.3 is 20.3 Å². The van der Waals surface area contributed by atoms with E-state index in [2.05, 4.69) is 20.6 Å². The Morgan fingerprint density at radius 2 is 1.89 bits per heavy atom. The topological polar surface area (TPSA) is 117 Å². The molecule has 0 bridgehead atoms. The van der Waals surface area contributed by atoms with Gasteiger partial charge in [0.15, 0.2) is 0 Å². The van der Waals surface area contributed by atoms with Gasteiger partial charge in [-0.2, -0.15) is 13.2 Å². The van der Waals surface area contributed by atoms with Gasteiger partial charge in [-0.05, 0) is 48.9 Å². The Hall–Kier alpha value is -3.88. The van der Waals surface area contributed by atoms with E-state index in [0.29, 0.717) is 74.1 Å². The van der Waals surface area contributed by atoms with Crippen LogP contribution in [-0.4, -0.2) is 85.4 Å². The molecule has 5 rings (SSSR count). The molecule has 1 fully saturated rings. The third-order valence-electron chi connectivity index (χ3n) is 7.19. The first-order valence-corrected chi connectivity index (χ1v) is 16.2. The molecule has 3 heterocycles. The van der Waals surface area contributed by atoms with Crippen LogP contribution in [0.2, 0.25) is 5.02 Å². The summed E-state index contributed by atoms with van der Waals surface area (Å²) in [5.74, 6) is 1.11. The van der Waals surface area contributed by atoms with E-state index in [1.165, 1.54) is 30.8 Å². The van der Waals surface area contributed by atoms with Crippen LogP contribution in [0.4, 0.5) is 30.5 Å². The fourth-order valence-corrected chi connectivity index (χ4v) is 5.65. The summed E-state index contributed by atoms with van der Waals surface area (Å²) in [6.07, 6.45) is 0.333. The maximum absolute atomic E-state index is 13.5. The summed E-state index contributed by atoms with van der Waals surface area (Å²) < 4.78 is 67.9. The number of alkyl halides is 3. The molecule has 1 aromatic heterocycles. The minimum absolute atomic E-state index is 0.00715. The fraction of sp³-hybridized carbons (Fsp3) is 0.345. The van der Waals surface area contributed by atoms with Gasteiger partial charge in [-0.3, -0.25) is 9.69 Å². The first kappa shape index (κ1) is 31.5. The van der Waals surface area contributed by atoms with Crippen LogP contribution < -0.4 is 15.4 Å². The number of halogens is 4. The molecule has 0 unspecified atom stereocenters. The Morgan fingerprint density at radius 3 is 2.59 bits per heavy atom. The van der Waals surface area contributed by atoms with E-state index >= 15 is 0 Å². The minimum atomic E-state index is -4.50. The summed E-state index contributed by atoms with van der Waals surface area (Å²) in [4.78, 5) is 26.0. The van der Waals surface area contributed by atoms with Crippen LogP contribution in [0.5, 0.6) is 11.5 Å². The van der Waals surface area contributed by atoms with Crippen molar-refractivity contribution < 1.29 is 31.1 Å². The minimum Gasteiger partial charge on any atom is -0.456 e. The van der Waals surface area contributed by atoms with Crippen LogP contribution in [0.15, 0.2) is 54.4 Å². The molecule has 10 nitrogen and oxygen atoms in total. The van der Waals surface area contributed by atoms with E-state index in [1.807, 2.05) is 4.90 Å². The second-order valence-electron chi connectivity index (χ2n) is 10.5. The highest BCUT2D eigenvalue weighted by atomic mass is 35.5. The molecule has 2 aliphatic rings. The highest BCUT2D eigenvalue weighted by Crippen LogP contribution is 2.37. The summed E-state index contributed by atoms with van der Waals surface area (Å²) in [7, 11) is -3.06. The molecule has 0 radical (unpaired) electrons. The highest BCUT2D eigenvalue weighted by molar-refractivity contribution is 7.90. The van der Waals surface area contributed by atoms with Gasteiger partial charge in [-0.1, -0.05) is 17.7 Å². The van der Waals surface area contributed by atoms with Gasteiger partial charge in [0.2, 0.25) is 5.91 Å². The van der Waals surface area contributed by atoms with Crippen molar-refractivity contribution in [1.82, 2.24) is 19.8 Å². The number of nitrogens with zero attached hydrogens (tertiary/aromatic N) is 4. The normalized spacial score (nSPS) is 15.9. The van der Waals surface area contributed by atoms with E-state index < -0.39 is 21.6 Å². The lowest BCUT2D eigenvalue weighted by molar-refractivity contribution is -0.137. The number of piperazine rings is 1. The third kappa shape index (κ3) is 7.98. The maximum atomic E-state index is 13.5. The zero-order valence-electron chi connectivity index (χ0n) is 23.7. The Balaban J connectivity index is 1.29. The van der Waals surface area contributed by atoms with Crippen molar-refractivity contribution >= 4 is 50.7 Å². The average Bonchev–Trinajstić information content (AvgIpc) is 3.20. The van der Waals surface area contributed by atoms with Crippen LogP contribution in [-0.2, 0) is 20.8 Å². The molecule has 0 aliphatic carbocycles. The molecule has 2 N–H and O–H groups in total. The molecular weight excluding hydrogens is 621 g/mol. The SMILES string of the molecule is CS(=O)(=O)CCN1CCN(C(=O)C2=Cc3c(ncnc3Nc3ccc(Oc4cccc(C(F)(F)F)c4)c(Cl)c3)NCC2)CC1. The molecule has 0 spiro atoms. The van der Waals surface area contributed by atoms with Gasteiger partial charge in [-0.15, -0.1) is 0 Å². The number of nitrogens with one attached hydrogen (secondary N) is 2. The smallest absolute Gasteiger partial charge is 0.416 e. The lowest BCUT2D eigenvalue weighted by atomic mass is 10.1. The van der Waals surface area contributed by atoms with E-state index in [-0.39, 0.29) is 28.2 Å². The number of aromatic nitrogens is 2. The van der Waals surface area contributed by atoms with Crippen LogP contribution in [0.25, 0.3) is 6.08 Å². The largest absolute Gasteiger partial charge is 0.456 e. The van der Waals surface area contributed by atoms with Crippen LogP contribution in [0.1, 0.15) is 17.5 Å². The van der Waals surface area contributed by atoms with Crippen LogP contribution in [0, 0.1) is 0 Å². The number of hydrogen-bond donors (Lipinski definition) is 2. The number of carbonyl (C=O) groups is 1. The second-order valence-corrected chi connectivity index (χ2v) is 13.2. The second kappa shape index (κ2) is 13.0. The molecular formula is C29H30ClF3N6O4S. The van der Waals surface area contributed by atoms with Crippen molar-refractivity contribution in [1.29, 1.82) is 0 Å². The maximum Gasteiger partial charge on any atom is 0.416 e. The molecule has 1 amide bonds. The number of amides is 1. The lowest BCUT2D eigenvalue weighted by Gasteiger charge is -2.35. The number of benzene rings is 2. The van der Waals surface area contributed by atoms with E-state index in [9.17, 15) is 26.4 Å². The van der Waals surface area contributed by atoms with Gasteiger partial charge in [-0.25, -0.2) is 18.4 Å². The number of rotatable bonds is 8. The fourth-order valence-electron chi connectivity index (χ4n) is 4.84. The van der Waals surface area contributed by atoms with Crippen LogP contribution in [0.3, 0.4) is 0 Å². The number of ether oxygens (including phenoxy) is 1. The monoisotopic (exact) mass is 650 g/mol. The van der Waals surface area contributed by atoms with Gasteiger partial charge in [0.25, 0.3) is 0 Å². The molecule has 0 atom stereocenters. The molecule has 15 heteroatoms. The Morgan fingerprint density at radius 1 is 1.11 bits per heavy atom. The molecule has 2 aromatic carbocycles. The van der Waals surface area contributed by atoms with Crippen molar-refractivity contribution in [3.05, 3.63) is 70.5 Å². The summed E-state index contributed by atoms with van der Waals surface area (Å²) in [5, 5.41) is 6.58. The van der Waals surface area contributed by atoms with E-state index in [1.54, 1.807) is 23.1 Å². The van der Waals surface area contributed by atoms with Crippen LogP contribution >= 0.6 is 11.6 Å². The first-order chi connectivity index (χ1) is 20.9. The van der Waals surface area contributed by atoms with Gasteiger partial charge in [0, 0.05) is 56.8 Å². The number of sulfone groups is 1. The molecule has 1 saturated heterocycles. The highest BCUT2D eigenvalue weighted by Gasteiger charge is 2.31. The standard InChI is InChI=1S/C29H30ClF3N6O4S/c1-44(41,42)14-13-38-9-11-39(12-10-38)28(40)19-7-8-34-26-23(15-19)27(36-18-35-26)37-21-5-6-25(24(30)17-21)43-22-4-2-3-20(16-22)29(31,32)33/h2-6,15-18H,7-14H2,1H3,(H2,34,35,36,37). The predicted octanol–water partition coefficient (Wildman–Crippen LogP) is 5.07. The van der Waals surface area contributed by atoms with E-state index in [0.717, 1.165) is 12.1 Å². The van der Waals surface area contributed by atoms with Gasteiger partial charge in [0.1, 0.15) is 39.3 Å². The lowest BCUT2D eigenvalue weighted by Crippen LogP contribution is -2.50. The molecule has 0 saturated carbocycles. The number of anilines is 3. The number of hydrogen-bond acceptors (Lipinski definition) is 9. The quantitative estimate of drug-likeness (QED) is 0.345. The van der Waals surface area contributed by atoms with Gasteiger partial charge >= 0.3 is 6.18 Å². The van der Waals surface area contributed by atoms with E-state index in [4.69, 9.17) is 16.3 Å². The summed E-state index contributed by atoms with van der Waals surface area (Å²) >= 11 is 6.42. The van der Waals surface area contributed by atoms with Crippen molar-refractivity contribution in [2.24, 2.45) is 0 Å². The third-order valence-corrected chi connectivity index (χ3v) is 8.41. The summed E-state index contributed by atoms with van der Waals surface area (Å²) in [5.41, 5.74) is 0.866. The van der Waals surface area contributed by atoms with Crippen molar-refractivity contribution in [3.8, 4) is 11.5 Å². The molecule has 234 valence electrons. The van der Waals surface area contributed by atoms with Crippen molar-refractivity contribution in [3.63, 3.8) is 0 Å². The summed E-state index contributed by atoms with van der Waals surface area (Å²) in [6.45, 7) is 3.09. The average molecular weight is 651 g/mol. The Kier molecular flexibility index (Phi) is 9.32. The summed E-state index contributed by atoms with van der Waals surface area (Å²) in [6, 6.07) is 9.25. The first-order valence-electron chi connectivity index (χ1n) is 13.8. The van der Waals surface area contributed by atoms with Gasteiger partial charge in [0.05, 0.1) is 21.9 Å². The zero-order valence-corrected chi connectivity index (χ0v) is 25.3. The zero-order chi connectivity index (χ0) is 31.5. The number of fused-ring (bicyclic) bond motifs is 1. The Labute approximate surface area is 257 Å².